The molecule has 0 aliphatic carbocycles. The molecule has 0 aliphatic heterocycles. The Bertz CT molecular complexity index is 488. The van der Waals surface area contributed by atoms with E-state index in [2.05, 4.69) is 10.0 Å². The lowest BCUT2D eigenvalue weighted by Crippen LogP contribution is -2.34. The van der Waals surface area contributed by atoms with Crippen LogP contribution in [0.3, 0.4) is 0 Å². The Morgan fingerprint density at radius 2 is 2.05 bits per heavy atom. The van der Waals surface area contributed by atoms with Crippen LogP contribution < -0.4 is 10.0 Å². The summed E-state index contributed by atoms with van der Waals surface area (Å²) < 4.78 is 28.1. The number of rotatable bonds is 8. The number of nitrogens with zero attached hydrogens (tertiary/aromatic N) is 1. The van der Waals surface area contributed by atoms with Crippen molar-refractivity contribution < 1.29 is 8.42 Å². The van der Waals surface area contributed by atoms with Crippen molar-refractivity contribution in [2.24, 2.45) is 0 Å². The SMILES string of the molecule is CCc1cccc(NS(=O)(=O)N(C)CCCNC)c1. The van der Waals surface area contributed by atoms with Gasteiger partial charge in [0.05, 0.1) is 5.69 Å². The lowest BCUT2D eigenvalue weighted by atomic mass is 10.1. The molecule has 0 saturated heterocycles. The summed E-state index contributed by atoms with van der Waals surface area (Å²) in [5, 5.41) is 3.00. The van der Waals surface area contributed by atoms with Crippen molar-refractivity contribution in [3.8, 4) is 0 Å². The van der Waals surface area contributed by atoms with Crippen molar-refractivity contribution in [2.45, 2.75) is 19.8 Å². The molecular weight excluding hydrogens is 262 g/mol. The van der Waals surface area contributed by atoms with Crippen LogP contribution in [0.25, 0.3) is 0 Å². The maximum Gasteiger partial charge on any atom is 0.301 e. The first kappa shape index (κ1) is 15.9. The first-order valence-electron chi connectivity index (χ1n) is 6.47. The van der Waals surface area contributed by atoms with E-state index >= 15 is 0 Å². The van der Waals surface area contributed by atoms with Crippen molar-refractivity contribution >= 4 is 15.9 Å². The second-order valence-electron chi connectivity index (χ2n) is 4.44. The van der Waals surface area contributed by atoms with Crippen LogP contribution in [0.2, 0.25) is 0 Å². The van der Waals surface area contributed by atoms with Crippen molar-refractivity contribution in [3.05, 3.63) is 29.8 Å². The van der Waals surface area contributed by atoms with Gasteiger partial charge in [0.15, 0.2) is 0 Å². The predicted octanol–water partition coefficient (Wildman–Crippen LogP) is 1.45. The van der Waals surface area contributed by atoms with E-state index in [1.165, 1.54) is 4.31 Å². The van der Waals surface area contributed by atoms with E-state index in [9.17, 15) is 8.42 Å². The normalized spacial score (nSPS) is 11.8. The molecule has 1 rings (SSSR count). The fraction of sp³-hybridized carbons (Fsp3) is 0.538. The molecular formula is C13H23N3O2S. The van der Waals surface area contributed by atoms with Crippen LogP contribution in [0.4, 0.5) is 5.69 Å². The van der Waals surface area contributed by atoms with Gasteiger partial charge in [0.2, 0.25) is 0 Å². The van der Waals surface area contributed by atoms with E-state index < -0.39 is 10.2 Å². The Morgan fingerprint density at radius 1 is 1.32 bits per heavy atom. The van der Waals surface area contributed by atoms with E-state index in [4.69, 9.17) is 0 Å². The molecule has 6 heteroatoms. The minimum atomic E-state index is -3.46. The first-order valence-corrected chi connectivity index (χ1v) is 7.91. The molecule has 2 N–H and O–H groups in total. The molecule has 0 atom stereocenters. The summed E-state index contributed by atoms with van der Waals surface area (Å²) in [5.74, 6) is 0. The molecule has 5 nitrogen and oxygen atoms in total. The molecule has 0 fully saturated rings. The Morgan fingerprint density at radius 3 is 2.68 bits per heavy atom. The van der Waals surface area contributed by atoms with Crippen molar-refractivity contribution in [1.29, 1.82) is 0 Å². The first-order chi connectivity index (χ1) is 8.99. The standard InChI is InChI=1S/C13H23N3O2S/c1-4-12-7-5-8-13(11-12)15-19(17,18)16(3)10-6-9-14-2/h5,7-8,11,14-15H,4,6,9-10H2,1-3H3. The van der Waals surface area contributed by atoms with Crippen LogP contribution in [-0.2, 0) is 16.6 Å². The Kier molecular flexibility index (Phi) is 6.27. The highest BCUT2D eigenvalue weighted by Gasteiger charge is 2.16. The molecule has 0 heterocycles. The Hall–Kier alpha value is -1.11. The average molecular weight is 285 g/mol. The van der Waals surface area contributed by atoms with Crippen LogP contribution in [0, 0.1) is 0 Å². The van der Waals surface area contributed by atoms with Crippen LogP contribution >= 0.6 is 0 Å². The summed E-state index contributed by atoms with van der Waals surface area (Å²) in [6.07, 6.45) is 1.66. The summed E-state index contributed by atoms with van der Waals surface area (Å²) in [4.78, 5) is 0. The molecule has 0 aromatic heterocycles. The Balaban J connectivity index is 2.67. The highest BCUT2D eigenvalue weighted by atomic mass is 32.2. The maximum atomic E-state index is 12.1. The highest BCUT2D eigenvalue weighted by molar-refractivity contribution is 7.90. The van der Waals surface area contributed by atoms with Gasteiger partial charge in [-0.15, -0.1) is 0 Å². The van der Waals surface area contributed by atoms with Crippen molar-refractivity contribution in [3.63, 3.8) is 0 Å². The summed E-state index contributed by atoms with van der Waals surface area (Å²) in [6.45, 7) is 3.33. The molecule has 1 aromatic carbocycles. The van der Waals surface area contributed by atoms with Gasteiger partial charge in [-0.25, -0.2) is 0 Å². The van der Waals surface area contributed by atoms with Gasteiger partial charge in [-0.05, 0) is 44.1 Å². The largest absolute Gasteiger partial charge is 0.320 e. The summed E-state index contributed by atoms with van der Waals surface area (Å²) in [6, 6.07) is 7.46. The molecule has 0 amide bonds. The van der Waals surface area contributed by atoms with E-state index in [1.54, 1.807) is 13.1 Å². The zero-order valence-electron chi connectivity index (χ0n) is 11.8. The molecule has 108 valence electrons. The zero-order valence-corrected chi connectivity index (χ0v) is 12.6. The van der Waals surface area contributed by atoms with E-state index in [1.807, 2.05) is 32.2 Å². The summed E-state index contributed by atoms with van der Waals surface area (Å²) in [5.41, 5.74) is 1.72. The third kappa shape index (κ3) is 5.18. The fourth-order valence-electron chi connectivity index (χ4n) is 1.68. The predicted molar refractivity (Wildman–Crippen MR) is 79.5 cm³/mol. The van der Waals surface area contributed by atoms with Gasteiger partial charge >= 0.3 is 10.2 Å². The van der Waals surface area contributed by atoms with Gasteiger partial charge < -0.3 is 5.32 Å². The highest BCUT2D eigenvalue weighted by Crippen LogP contribution is 2.14. The van der Waals surface area contributed by atoms with Gasteiger partial charge in [0.25, 0.3) is 0 Å². The zero-order chi connectivity index (χ0) is 14.3. The maximum absolute atomic E-state index is 12.1. The van der Waals surface area contributed by atoms with E-state index in [0.717, 1.165) is 24.9 Å². The number of anilines is 1. The molecule has 0 unspecified atom stereocenters. The minimum Gasteiger partial charge on any atom is -0.320 e. The molecule has 0 saturated carbocycles. The van der Waals surface area contributed by atoms with Crippen LogP contribution in [-0.4, -0.2) is 39.9 Å². The van der Waals surface area contributed by atoms with Gasteiger partial charge in [-0.1, -0.05) is 19.1 Å². The van der Waals surface area contributed by atoms with Crippen molar-refractivity contribution in [2.75, 3.05) is 31.9 Å². The van der Waals surface area contributed by atoms with Gasteiger partial charge in [-0.2, -0.15) is 12.7 Å². The lowest BCUT2D eigenvalue weighted by molar-refractivity contribution is 0.462. The lowest BCUT2D eigenvalue weighted by Gasteiger charge is -2.18. The van der Waals surface area contributed by atoms with Crippen LogP contribution in [0.1, 0.15) is 18.9 Å². The second-order valence-corrected chi connectivity index (χ2v) is 6.22. The topological polar surface area (TPSA) is 61.4 Å². The molecule has 1 aromatic rings. The summed E-state index contributed by atoms with van der Waals surface area (Å²) in [7, 11) is -0.0280. The van der Waals surface area contributed by atoms with E-state index in [0.29, 0.717) is 12.2 Å². The minimum absolute atomic E-state index is 0.490. The molecule has 19 heavy (non-hydrogen) atoms. The van der Waals surface area contributed by atoms with Crippen LogP contribution in [0.5, 0.6) is 0 Å². The number of benzene rings is 1. The molecule has 0 aliphatic rings. The third-order valence-electron chi connectivity index (χ3n) is 2.89. The number of aryl methyl sites for hydroxylation is 1. The number of nitrogens with one attached hydrogen (secondary N) is 2. The number of hydrogen-bond donors (Lipinski definition) is 2. The molecule has 0 bridgehead atoms. The molecule has 0 spiro atoms. The smallest absolute Gasteiger partial charge is 0.301 e. The van der Waals surface area contributed by atoms with E-state index in [-0.39, 0.29) is 0 Å². The van der Waals surface area contributed by atoms with Crippen molar-refractivity contribution in [1.82, 2.24) is 9.62 Å². The monoisotopic (exact) mass is 285 g/mol. The Labute approximate surface area is 116 Å². The number of hydrogen-bond acceptors (Lipinski definition) is 3. The quantitative estimate of drug-likeness (QED) is 0.711. The van der Waals surface area contributed by atoms with Gasteiger partial charge in [0, 0.05) is 13.6 Å². The van der Waals surface area contributed by atoms with Gasteiger partial charge in [0.1, 0.15) is 0 Å². The average Bonchev–Trinajstić information content (AvgIpc) is 2.38. The fourth-order valence-corrected chi connectivity index (χ4v) is 2.63. The van der Waals surface area contributed by atoms with Gasteiger partial charge in [-0.3, -0.25) is 4.72 Å². The second kappa shape index (κ2) is 7.47. The van der Waals surface area contributed by atoms with Crippen LogP contribution in [0.15, 0.2) is 24.3 Å². The third-order valence-corrected chi connectivity index (χ3v) is 4.39. The summed E-state index contributed by atoms with van der Waals surface area (Å²) >= 11 is 0. The molecule has 0 radical (unpaired) electrons.